The number of nitrogens with zero attached hydrogens (tertiary/aromatic N) is 1. The van der Waals surface area contributed by atoms with Gasteiger partial charge in [0, 0.05) is 13.5 Å². The number of rotatable bonds is 6. The van der Waals surface area contributed by atoms with Gasteiger partial charge in [0.05, 0.1) is 6.04 Å². The molecule has 0 bridgehead atoms. The van der Waals surface area contributed by atoms with Gasteiger partial charge in [0.2, 0.25) is 11.8 Å². The lowest BCUT2D eigenvalue weighted by Crippen LogP contribution is -2.40. The van der Waals surface area contributed by atoms with Crippen LogP contribution in [0, 0.1) is 0 Å². The van der Waals surface area contributed by atoms with Crippen LogP contribution in [0.1, 0.15) is 31.0 Å². The van der Waals surface area contributed by atoms with E-state index in [4.69, 9.17) is 0 Å². The van der Waals surface area contributed by atoms with E-state index in [0.29, 0.717) is 6.54 Å². The first-order valence-electron chi connectivity index (χ1n) is 7.70. The highest BCUT2D eigenvalue weighted by atomic mass is 16.2. The van der Waals surface area contributed by atoms with Crippen LogP contribution in [0.4, 0.5) is 0 Å². The van der Waals surface area contributed by atoms with Crippen molar-refractivity contribution < 1.29 is 9.59 Å². The number of hydrogen-bond donors (Lipinski definition) is 1. The van der Waals surface area contributed by atoms with Gasteiger partial charge in [-0.15, -0.1) is 0 Å². The van der Waals surface area contributed by atoms with Gasteiger partial charge >= 0.3 is 0 Å². The van der Waals surface area contributed by atoms with Crippen LogP contribution in [0.3, 0.4) is 0 Å². The molecule has 23 heavy (non-hydrogen) atoms. The van der Waals surface area contributed by atoms with E-state index in [-0.39, 0.29) is 24.4 Å². The van der Waals surface area contributed by atoms with Crippen LogP contribution < -0.4 is 5.32 Å². The lowest BCUT2D eigenvalue weighted by Gasteiger charge is -2.28. The summed E-state index contributed by atoms with van der Waals surface area (Å²) in [4.78, 5) is 25.7. The normalized spacial score (nSPS) is 11.6. The number of carbonyl (C=O) groups excluding carboxylic acids is 2. The monoisotopic (exact) mass is 310 g/mol. The molecule has 0 saturated carbocycles. The van der Waals surface area contributed by atoms with E-state index in [9.17, 15) is 9.59 Å². The summed E-state index contributed by atoms with van der Waals surface area (Å²) in [6.07, 6.45) is 0. The summed E-state index contributed by atoms with van der Waals surface area (Å²) >= 11 is 0. The first-order valence-corrected chi connectivity index (χ1v) is 7.70. The van der Waals surface area contributed by atoms with Crippen LogP contribution in [0.15, 0.2) is 60.7 Å². The minimum absolute atomic E-state index is 0.0538. The third-order valence-electron chi connectivity index (χ3n) is 3.80. The Balaban J connectivity index is 1.96. The van der Waals surface area contributed by atoms with Crippen molar-refractivity contribution in [3.8, 4) is 0 Å². The average molecular weight is 310 g/mol. The molecule has 120 valence electrons. The molecule has 0 aliphatic heterocycles. The molecular weight excluding hydrogens is 288 g/mol. The highest BCUT2D eigenvalue weighted by Crippen LogP contribution is 2.19. The fourth-order valence-corrected chi connectivity index (χ4v) is 2.44. The van der Waals surface area contributed by atoms with Crippen molar-refractivity contribution in [2.24, 2.45) is 0 Å². The molecule has 0 fully saturated rings. The maximum atomic E-state index is 12.2. The molecule has 1 unspecified atom stereocenters. The second kappa shape index (κ2) is 8.13. The third kappa shape index (κ3) is 4.95. The molecule has 1 N–H and O–H groups in total. The summed E-state index contributed by atoms with van der Waals surface area (Å²) < 4.78 is 0. The summed E-state index contributed by atoms with van der Waals surface area (Å²) in [5.74, 6) is -0.275. The molecule has 0 radical (unpaired) electrons. The second-order valence-electron chi connectivity index (χ2n) is 5.50. The molecule has 0 spiro atoms. The molecule has 1 atom stereocenters. The van der Waals surface area contributed by atoms with Gasteiger partial charge in [0.1, 0.15) is 6.54 Å². The molecule has 0 aromatic heterocycles. The van der Waals surface area contributed by atoms with Crippen molar-refractivity contribution in [1.29, 1.82) is 0 Å². The number of benzene rings is 2. The second-order valence-corrected chi connectivity index (χ2v) is 5.50. The van der Waals surface area contributed by atoms with Crippen molar-refractivity contribution in [2.45, 2.75) is 26.4 Å². The van der Waals surface area contributed by atoms with Crippen molar-refractivity contribution in [1.82, 2.24) is 10.2 Å². The minimum atomic E-state index is -0.160. The molecule has 0 heterocycles. The molecule has 4 heteroatoms. The zero-order chi connectivity index (χ0) is 16.7. The van der Waals surface area contributed by atoms with Crippen molar-refractivity contribution in [3.63, 3.8) is 0 Å². The van der Waals surface area contributed by atoms with Crippen molar-refractivity contribution in [3.05, 3.63) is 71.8 Å². The zero-order valence-electron chi connectivity index (χ0n) is 13.5. The van der Waals surface area contributed by atoms with Gasteiger partial charge in [-0.1, -0.05) is 60.7 Å². The minimum Gasteiger partial charge on any atom is -0.350 e. The largest absolute Gasteiger partial charge is 0.350 e. The van der Waals surface area contributed by atoms with Crippen LogP contribution >= 0.6 is 0 Å². The van der Waals surface area contributed by atoms with Crippen molar-refractivity contribution in [2.75, 3.05) is 6.54 Å². The van der Waals surface area contributed by atoms with Crippen LogP contribution in [0.25, 0.3) is 0 Å². The Morgan fingerprint density at radius 3 is 2.13 bits per heavy atom. The molecule has 0 aliphatic rings. The Hall–Kier alpha value is -2.62. The average Bonchev–Trinajstić information content (AvgIpc) is 2.58. The summed E-state index contributed by atoms with van der Waals surface area (Å²) in [6, 6.07) is 19.3. The van der Waals surface area contributed by atoms with Gasteiger partial charge in [-0.2, -0.15) is 0 Å². The van der Waals surface area contributed by atoms with Gasteiger partial charge < -0.3 is 10.2 Å². The number of hydrogen-bond acceptors (Lipinski definition) is 2. The van der Waals surface area contributed by atoms with Gasteiger partial charge in [-0.25, -0.2) is 0 Å². The molecular formula is C19H22N2O2. The highest BCUT2D eigenvalue weighted by Gasteiger charge is 2.20. The Morgan fingerprint density at radius 2 is 1.57 bits per heavy atom. The Morgan fingerprint density at radius 1 is 1.00 bits per heavy atom. The topological polar surface area (TPSA) is 49.4 Å². The van der Waals surface area contributed by atoms with Crippen molar-refractivity contribution >= 4 is 11.8 Å². The summed E-state index contributed by atoms with van der Waals surface area (Å²) in [6.45, 7) is 3.94. The lowest BCUT2D eigenvalue weighted by atomic mass is 10.1. The molecule has 0 aliphatic carbocycles. The van der Waals surface area contributed by atoms with E-state index in [0.717, 1.165) is 11.1 Å². The molecule has 0 saturated heterocycles. The molecule has 2 aromatic rings. The van der Waals surface area contributed by atoms with Crippen LogP contribution in [-0.2, 0) is 16.1 Å². The Labute approximate surface area is 137 Å². The maximum absolute atomic E-state index is 12.2. The van der Waals surface area contributed by atoms with Crippen LogP contribution in [0.5, 0.6) is 0 Å². The fraction of sp³-hybridized carbons (Fsp3) is 0.263. The third-order valence-corrected chi connectivity index (χ3v) is 3.80. The molecule has 2 amide bonds. The predicted molar refractivity (Wildman–Crippen MR) is 90.5 cm³/mol. The lowest BCUT2D eigenvalue weighted by molar-refractivity contribution is -0.136. The highest BCUT2D eigenvalue weighted by molar-refractivity contribution is 5.84. The summed E-state index contributed by atoms with van der Waals surface area (Å²) in [7, 11) is 0. The van der Waals surface area contributed by atoms with E-state index in [1.807, 2.05) is 67.6 Å². The summed E-state index contributed by atoms with van der Waals surface area (Å²) in [5.41, 5.74) is 2.05. The maximum Gasteiger partial charge on any atom is 0.239 e. The molecule has 4 nitrogen and oxygen atoms in total. The SMILES string of the molecule is CC(=O)N(CC(=O)NCc1ccccc1)C(C)c1ccccc1. The number of nitrogens with one attached hydrogen (secondary N) is 1. The fourth-order valence-electron chi connectivity index (χ4n) is 2.44. The first-order chi connectivity index (χ1) is 11.1. The zero-order valence-corrected chi connectivity index (χ0v) is 13.5. The van der Waals surface area contributed by atoms with Gasteiger partial charge in [-0.3, -0.25) is 9.59 Å². The molecule has 2 aromatic carbocycles. The Kier molecular flexibility index (Phi) is 5.92. The van der Waals surface area contributed by atoms with E-state index in [2.05, 4.69) is 5.32 Å². The van der Waals surface area contributed by atoms with E-state index in [1.165, 1.54) is 6.92 Å². The van der Waals surface area contributed by atoms with Gasteiger partial charge in [0.15, 0.2) is 0 Å². The number of carbonyl (C=O) groups is 2. The predicted octanol–water partition coefficient (Wildman–Crippen LogP) is 2.91. The standard InChI is InChI=1S/C19H22N2O2/c1-15(18-11-7-4-8-12-18)21(16(2)22)14-19(23)20-13-17-9-5-3-6-10-17/h3-12,15H,13-14H2,1-2H3,(H,20,23). The van der Waals surface area contributed by atoms with Gasteiger partial charge in [0.25, 0.3) is 0 Å². The smallest absolute Gasteiger partial charge is 0.239 e. The van der Waals surface area contributed by atoms with Crippen LogP contribution in [0.2, 0.25) is 0 Å². The Bertz CT molecular complexity index is 641. The molecule has 2 rings (SSSR count). The quantitative estimate of drug-likeness (QED) is 0.892. The van der Waals surface area contributed by atoms with E-state index >= 15 is 0 Å². The first kappa shape index (κ1) is 16.7. The number of amides is 2. The van der Waals surface area contributed by atoms with Crippen LogP contribution in [-0.4, -0.2) is 23.3 Å². The summed E-state index contributed by atoms with van der Waals surface area (Å²) in [5, 5.41) is 2.86. The van der Waals surface area contributed by atoms with E-state index in [1.54, 1.807) is 4.90 Å². The van der Waals surface area contributed by atoms with Gasteiger partial charge in [-0.05, 0) is 18.1 Å². The van der Waals surface area contributed by atoms with E-state index < -0.39 is 0 Å².